The lowest BCUT2D eigenvalue weighted by molar-refractivity contribution is -0.115. The summed E-state index contributed by atoms with van der Waals surface area (Å²) in [5.74, 6) is 1.26. The maximum atomic E-state index is 12.1. The lowest BCUT2D eigenvalue weighted by atomic mass is 10.1. The van der Waals surface area contributed by atoms with E-state index in [4.69, 9.17) is 9.47 Å². The summed E-state index contributed by atoms with van der Waals surface area (Å²) in [7, 11) is 3.17. The number of amides is 1. The van der Waals surface area contributed by atoms with Crippen LogP contribution in [0, 0.1) is 3.57 Å². The molecule has 21 heavy (non-hydrogen) atoms. The number of ether oxygens (including phenoxy) is 2. The molecule has 2 aromatic rings. The van der Waals surface area contributed by atoms with E-state index in [2.05, 4.69) is 27.9 Å². The second kappa shape index (κ2) is 7.31. The van der Waals surface area contributed by atoms with Gasteiger partial charge >= 0.3 is 0 Å². The molecule has 0 aliphatic heterocycles. The summed E-state index contributed by atoms with van der Waals surface area (Å²) in [6.45, 7) is 0. The lowest BCUT2D eigenvalue weighted by Gasteiger charge is -2.10. The molecule has 2 aromatic carbocycles. The Morgan fingerprint density at radius 2 is 1.81 bits per heavy atom. The van der Waals surface area contributed by atoms with Crippen molar-refractivity contribution in [1.29, 1.82) is 0 Å². The smallest absolute Gasteiger partial charge is 0.228 e. The van der Waals surface area contributed by atoms with Crippen LogP contribution in [-0.2, 0) is 11.2 Å². The lowest BCUT2D eigenvalue weighted by Crippen LogP contribution is -2.14. The Morgan fingerprint density at radius 3 is 2.43 bits per heavy atom. The number of halogens is 1. The number of benzene rings is 2. The monoisotopic (exact) mass is 397 g/mol. The summed E-state index contributed by atoms with van der Waals surface area (Å²) >= 11 is 2.22. The number of carbonyl (C=O) groups excluding carboxylic acids is 1. The summed E-state index contributed by atoms with van der Waals surface area (Å²) in [6.07, 6.45) is 0.249. The van der Waals surface area contributed by atoms with Gasteiger partial charge in [-0.2, -0.15) is 0 Å². The Hall–Kier alpha value is -1.76. The maximum absolute atomic E-state index is 12.1. The molecule has 0 radical (unpaired) electrons. The van der Waals surface area contributed by atoms with Crippen LogP contribution in [0.1, 0.15) is 5.56 Å². The number of anilines is 1. The fourth-order valence-corrected chi connectivity index (χ4v) is 2.27. The third-order valence-corrected chi connectivity index (χ3v) is 3.69. The predicted molar refractivity (Wildman–Crippen MR) is 91.0 cm³/mol. The molecule has 0 saturated heterocycles. The van der Waals surface area contributed by atoms with Gasteiger partial charge < -0.3 is 14.8 Å². The first-order chi connectivity index (χ1) is 10.1. The molecule has 0 aliphatic carbocycles. The second-order valence-electron chi connectivity index (χ2n) is 4.41. The Morgan fingerprint density at radius 1 is 1.10 bits per heavy atom. The zero-order valence-corrected chi connectivity index (χ0v) is 14.0. The largest absolute Gasteiger partial charge is 0.497 e. The van der Waals surface area contributed by atoms with E-state index in [1.54, 1.807) is 20.3 Å². The van der Waals surface area contributed by atoms with Gasteiger partial charge in [-0.3, -0.25) is 4.79 Å². The molecule has 0 unspecified atom stereocenters. The topological polar surface area (TPSA) is 47.6 Å². The Bertz CT molecular complexity index is 626. The zero-order valence-electron chi connectivity index (χ0n) is 11.9. The molecule has 4 nitrogen and oxygen atoms in total. The SMILES string of the molecule is COc1ccc(CC(=O)Nc2ccc(I)cc2)c(OC)c1. The number of nitrogens with one attached hydrogen (secondary N) is 1. The second-order valence-corrected chi connectivity index (χ2v) is 5.66. The minimum Gasteiger partial charge on any atom is -0.497 e. The van der Waals surface area contributed by atoms with E-state index in [0.717, 1.165) is 14.8 Å². The molecule has 0 bridgehead atoms. The molecule has 0 aliphatic rings. The highest BCUT2D eigenvalue weighted by Crippen LogP contribution is 2.25. The first-order valence-corrected chi connectivity index (χ1v) is 7.46. The Balaban J connectivity index is 2.07. The van der Waals surface area contributed by atoms with Gasteiger partial charge in [0, 0.05) is 20.9 Å². The summed E-state index contributed by atoms with van der Waals surface area (Å²) in [4.78, 5) is 12.1. The standard InChI is InChI=1S/C16H16INO3/c1-20-14-8-3-11(15(10-14)21-2)9-16(19)18-13-6-4-12(17)5-7-13/h3-8,10H,9H2,1-2H3,(H,18,19). The van der Waals surface area contributed by atoms with Gasteiger partial charge in [0.05, 0.1) is 20.6 Å². The number of methoxy groups -OCH3 is 2. The van der Waals surface area contributed by atoms with Gasteiger partial charge in [-0.05, 0) is 52.9 Å². The van der Waals surface area contributed by atoms with Crippen molar-refractivity contribution in [2.75, 3.05) is 19.5 Å². The first kappa shape index (κ1) is 15.6. The molecule has 0 saturated carbocycles. The molecule has 0 fully saturated rings. The van der Waals surface area contributed by atoms with Crippen molar-refractivity contribution >= 4 is 34.2 Å². The minimum absolute atomic E-state index is 0.0836. The predicted octanol–water partition coefficient (Wildman–Crippen LogP) is 3.49. The molecule has 1 amide bonds. The third kappa shape index (κ3) is 4.35. The number of rotatable bonds is 5. The van der Waals surface area contributed by atoms with Crippen LogP contribution in [0.2, 0.25) is 0 Å². The normalized spacial score (nSPS) is 10.0. The van der Waals surface area contributed by atoms with E-state index in [1.165, 1.54) is 0 Å². The van der Waals surface area contributed by atoms with Crippen molar-refractivity contribution in [3.63, 3.8) is 0 Å². The highest BCUT2D eigenvalue weighted by molar-refractivity contribution is 14.1. The number of hydrogen-bond acceptors (Lipinski definition) is 3. The van der Waals surface area contributed by atoms with Crippen LogP contribution in [0.25, 0.3) is 0 Å². The van der Waals surface area contributed by atoms with E-state index in [9.17, 15) is 4.79 Å². The van der Waals surface area contributed by atoms with Crippen LogP contribution in [0.3, 0.4) is 0 Å². The van der Waals surface area contributed by atoms with Crippen LogP contribution < -0.4 is 14.8 Å². The van der Waals surface area contributed by atoms with E-state index in [-0.39, 0.29) is 12.3 Å². The van der Waals surface area contributed by atoms with Crippen LogP contribution in [0.5, 0.6) is 11.5 Å². The average Bonchev–Trinajstić information content (AvgIpc) is 2.50. The van der Waals surface area contributed by atoms with E-state index < -0.39 is 0 Å². The molecule has 0 aromatic heterocycles. The molecule has 0 heterocycles. The summed E-state index contributed by atoms with van der Waals surface area (Å²) < 4.78 is 11.6. The van der Waals surface area contributed by atoms with Crippen molar-refractivity contribution in [3.05, 3.63) is 51.6 Å². The first-order valence-electron chi connectivity index (χ1n) is 6.38. The van der Waals surface area contributed by atoms with Crippen molar-refractivity contribution in [1.82, 2.24) is 0 Å². The van der Waals surface area contributed by atoms with Crippen LogP contribution in [-0.4, -0.2) is 20.1 Å². The van der Waals surface area contributed by atoms with Crippen molar-refractivity contribution < 1.29 is 14.3 Å². The fourth-order valence-electron chi connectivity index (χ4n) is 1.91. The molecular formula is C16H16INO3. The Kier molecular flexibility index (Phi) is 5.44. The van der Waals surface area contributed by atoms with Crippen LogP contribution in [0.15, 0.2) is 42.5 Å². The molecule has 0 spiro atoms. The van der Waals surface area contributed by atoms with Crippen molar-refractivity contribution in [3.8, 4) is 11.5 Å². The van der Waals surface area contributed by atoms with E-state index in [0.29, 0.717) is 11.5 Å². The highest BCUT2D eigenvalue weighted by Gasteiger charge is 2.10. The van der Waals surface area contributed by atoms with Crippen molar-refractivity contribution in [2.45, 2.75) is 6.42 Å². The van der Waals surface area contributed by atoms with Crippen LogP contribution >= 0.6 is 22.6 Å². The van der Waals surface area contributed by atoms with Gasteiger partial charge in [-0.15, -0.1) is 0 Å². The van der Waals surface area contributed by atoms with Gasteiger partial charge in [-0.1, -0.05) is 6.07 Å². The summed E-state index contributed by atoms with van der Waals surface area (Å²) in [6, 6.07) is 13.1. The molecule has 5 heteroatoms. The average molecular weight is 397 g/mol. The summed E-state index contributed by atoms with van der Waals surface area (Å²) in [5, 5.41) is 2.87. The Labute approximate surface area is 137 Å². The van der Waals surface area contributed by atoms with Gasteiger partial charge in [-0.25, -0.2) is 0 Å². The fraction of sp³-hybridized carbons (Fsp3) is 0.188. The van der Waals surface area contributed by atoms with Gasteiger partial charge in [0.15, 0.2) is 0 Å². The molecule has 1 N–H and O–H groups in total. The van der Waals surface area contributed by atoms with Gasteiger partial charge in [0.25, 0.3) is 0 Å². The highest BCUT2D eigenvalue weighted by atomic mass is 127. The number of carbonyl (C=O) groups is 1. The summed E-state index contributed by atoms with van der Waals surface area (Å²) in [5.41, 5.74) is 1.61. The molecule has 110 valence electrons. The van der Waals surface area contributed by atoms with Crippen LogP contribution in [0.4, 0.5) is 5.69 Å². The molecule has 0 atom stereocenters. The maximum Gasteiger partial charge on any atom is 0.228 e. The van der Waals surface area contributed by atoms with Gasteiger partial charge in [0.1, 0.15) is 11.5 Å². The zero-order chi connectivity index (χ0) is 15.2. The molecular weight excluding hydrogens is 381 g/mol. The third-order valence-electron chi connectivity index (χ3n) is 2.97. The van der Waals surface area contributed by atoms with E-state index >= 15 is 0 Å². The van der Waals surface area contributed by atoms with E-state index in [1.807, 2.05) is 36.4 Å². The minimum atomic E-state index is -0.0836. The quantitative estimate of drug-likeness (QED) is 0.786. The number of hydrogen-bond donors (Lipinski definition) is 1. The van der Waals surface area contributed by atoms with Crippen molar-refractivity contribution in [2.24, 2.45) is 0 Å². The van der Waals surface area contributed by atoms with Gasteiger partial charge in [0.2, 0.25) is 5.91 Å². The molecule has 2 rings (SSSR count).